The maximum Gasteiger partial charge on any atom is 0.143 e. The normalized spacial score (nSPS) is 11.6. The number of anilines is 3. The molecular formula is C52H33NO2. The molecule has 0 spiro atoms. The van der Waals surface area contributed by atoms with Gasteiger partial charge < -0.3 is 13.7 Å². The first kappa shape index (κ1) is 31.2. The molecule has 258 valence electrons. The quantitative estimate of drug-likeness (QED) is 0.173. The number of hydrogen-bond donors (Lipinski definition) is 0. The Labute approximate surface area is 317 Å². The molecule has 3 heteroatoms. The van der Waals surface area contributed by atoms with Crippen molar-refractivity contribution >= 4 is 71.7 Å². The summed E-state index contributed by atoms with van der Waals surface area (Å²) in [4.78, 5) is 2.35. The molecule has 0 fully saturated rings. The zero-order chi connectivity index (χ0) is 36.3. The van der Waals surface area contributed by atoms with Crippen molar-refractivity contribution in [3.05, 3.63) is 200 Å². The van der Waals surface area contributed by atoms with Crippen molar-refractivity contribution in [2.45, 2.75) is 0 Å². The summed E-state index contributed by atoms with van der Waals surface area (Å²) in [6.45, 7) is 0. The molecule has 0 atom stereocenters. The van der Waals surface area contributed by atoms with Gasteiger partial charge in [0.25, 0.3) is 0 Å². The third-order valence-corrected chi connectivity index (χ3v) is 10.9. The second-order valence-corrected chi connectivity index (χ2v) is 14.0. The second-order valence-electron chi connectivity index (χ2n) is 14.0. The Morgan fingerprint density at radius 1 is 0.291 bits per heavy atom. The van der Waals surface area contributed by atoms with Crippen molar-refractivity contribution < 1.29 is 8.83 Å². The highest BCUT2D eigenvalue weighted by Gasteiger charge is 2.21. The molecule has 11 aromatic rings. The molecule has 0 unspecified atom stereocenters. The lowest BCUT2D eigenvalue weighted by molar-refractivity contribution is 0.670. The van der Waals surface area contributed by atoms with Crippen LogP contribution < -0.4 is 4.90 Å². The zero-order valence-electron chi connectivity index (χ0n) is 29.8. The fourth-order valence-electron chi connectivity index (χ4n) is 8.26. The van der Waals surface area contributed by atoms with Gasteiger partial charge in [-0.25, -0.2) is 0 Å². The van der Waals surface area contributed by atoms with E-state index in [1.165, 1.54) is 16.5 Å². The highest BCUT2D eigenvalue weighted by atomic mass is 16.3. The third-order valence-electron chi connectivity index (χ3n) is 10.9. The summed E-state index contributed by atoms with van der Waals surface area (Å²) in [5.74, 6) is 0. The minimum atomic E-state index is 0.884. The van der Waals surface area contributed by atoms with Crippen LogP contribution in [0.1, 0.15) is 0 Å². The molecule has 0 saturated carbocycles. The van der Waals surface area contributed by atoms with Crippen LogP contribution in [0.5, 0.6) is 0 Å². The van der Waals surface area contributed by atoms with Crippen molar-refractivity contribution in [3.63, 3.8) is 0 Å². The zero-order valence-corrected chi connectivity index (χ0v) is 29.8. The first-order valence-electron chi connectivity index (χ1n) is 18.7. The number of benzene rings is 9. The lowest BCUT2D eigenvalue weighted by Crippen LogP contribution is -2.11. The first-order chi connectivity index (χ1) is 27.3. The summed E-state index contributed by atoms with van der Waals surface area (Å²) in [5.41, 5.74) is 13.4. The first-order valence-corrected chi connectivity index (χ1v) is 18.7. The monoisotopic (exact) mass is 703 g/mol. The van der Waals surface area contributed by atoms with Crippen LogP contribution in [0.4, 0.5) is 17.1 Å². The number of nitrogens with zero attached hydrogens (tertiary/aromatic N) is 1. The number of fused-ring (bicyclic) bond motifs is 8. The van der Waals surface area contributed by atoms with Gasteiger partial charge in [-0.05, 0) is 64.5 Å². The predicted octanol–water partition coefficient (Wildman–Crippen LogP) is 15.1. The maximum atomic E-state index is 6.86. The van der Waals surface area contributed by atoms with E-state index in [4.69, 9.17) is 8.83 Å². The Morgan fingerprint density at radius 2 is 0.836 bits per heavy atom. The minimum Gasteiger partial charge on any atom is -0.455 e. The Kier molecular flexibility index (Phi) is 7.17. The van der Waals surface area contributed by atoms with Crippen LogP contribution in [0.3, 0.4) is 0 Å². The van der Waals surface area contributed by atoms with Gasteiger partial charge in [0.15, 0.2) is 0 Å². The molecule has 0 aliphatic carbocycles. The van der Waals surface area contributed by atoms with E-state index >= 15 is 0 Å². The van der Waals surface area contributed by atoms with E-state index in [0.717, 1.165) is 88.6 Å². The molecule has 2 heterocycles. The molecule has 0 radical (unpaired) electrons. The molecule has 9 aromatic carbocycles. The van der Waals surface area contributed by atoms with E-state index in [9.17, 15) is 0 Å². The summed E-state index contributed by atoms with van der Waals surface area (Å²) < 4.78 is 13.3. The van der Waals surface area contributed by atoms with Crippen LogP contribution in [0.25, 0.3) is 88.0 Å². The van der Waals surface area contributed by atoms with Crippen LogP contribution >= 0.6 is 0 Å². The average molecular weight is 704 g/mol. The van der Waals surface area contributed by atoms with Gasteiger partial charge in [0.1, 0.15) is 22.3 Å². The van der Waals surface area contributed by atoms with Gasteiger partial charge in [0.05, 0.1) is 5.69 Å². The van der Waals surface area contributed by atoms with E-state index in [2.05, 4.69) is 193 Å². The van der Waals surface area contributed by atoms with Crippen molar-refractivity contribution in [3.8, 4) is 33.4 Å². The molecule has 11 rings (SSSR count). The Morgan fingerprint density at radius 3 is 1.64 bits per heavy atom. The number of para-hydroxylation sites is 4. The summed E-state index contributed by atoms with van der Waals surface area (Å²) in [5, 5.41) is 6.77. The van der Waals surface area contributed by atoms with Crippen LogP contribution in [0.2, 0.25) is 0 Å². The van der Waals surface area contributed by atoms with Crippen LogP contribution in [0.15, 0.2) is 209 Å². The molecule has 0 N–H and O–H groups in total. The molecule has 0 aliphatic heterocycles. The summed E-state index contributed by atoms with van der Waals surface area (Å²) in [6.07, 6.45) is 0. The van der Waals surface area contributed by atoms with Crippen LogP contribution in [-0.4, -0.2) is 0 Å². The molecule has 55 heavy (non-hydrogen) atoms. The van der Waals surface area contributed by atoms with Crippen molar-refractivity contribution in [2.24, 2.45) is 0 Å². The van der Waals surface area contributed by atoms with Crippen molar-refractivity contribution in [2.75, 3.05) is 4.90 Å². The van der Waals surface area contributed by atoms with Gasteiger partial charge in [0.2, 0.25) is 0 Å². The number of furan rings is 2. The van der Waals surface area contributed by atoms with Gasteiger partial charge in [-0.1, -0.05) is 158 Å². The van der Waals surface area contributed by atoms with Gasteiger partial charge in [-0.3, -0.25) is 0 Å². The molecule has 3 nitrogen and oxygen atoms in total. The van der Waals surface area contributed by atoms with E-state index in [1.54, 1.807) is 0 Å². The van der Waals surface area contributed by atoms with E-state index < -0.39 is 0 Å². The molecule has 0 aliphatic rings. The number of hydrogen-bond acceptors (Lipinski definition) is 3. The summed E-state index contributed by atoms with van der Waals surface area (Å²) >= 11 is 0. The van der Waals surface area contributed by atoms with E-state index in [0.29, 0.717) is 0 Å². The molecule has 0 amide bonds. The average Bonchev–Trinajstić information content (AvgIpc) is 3.84. The number of rotatable bonds is 6. The molecular weight excluding hydrogens is 671 g/mol. The lowest BCUT2D eigenvalue weighted by atomic mass is 9.98. The van der Waals surface area contributed by atoms with Gasteiger partial charge >= 0.3 is 0 Å². The Hall–Kier alpha value is -7.36. The highest BCUT2D eigenvalue weighted by molar-refractivity contribution is 6.17. The minimum absolute atomic E-state index is 0.884. The Balaban J connectivity index is 1.08. The highest BCUT2D eigenvalue weighted by Crippen LogP contribution is 2.46. The summed E-state index contributed by atoms with van der Waals surface area (Å²) in [6, 6.07) is 70.8. The van der Waals surface area contributed by atoms with Gasteiger partial charge in [0, 0.05) is 55.0 Å². The summed E-state index contributed by atoms with van der Waals surface area (Å²) in [7, 11) is 0. The largest absolute Gasteiger partial charge is 0.455 e. The maximum absolute atomic E-state index is 6.86. The predicted molar refractivity (Wildman–Crippen MR) is 229 cm³/mol. The third kappa shape index (κ3) is 5.13. The standard InChI is InChI=1S/C52H33NO2/c1-2-12-34(13-3-1)35-24-29-38(30-25-35)53(39-31-26-37(27-32-39)41-18-10-20-45-43-17-7-9-23-49(43)54-50(41)45)48-22-8-6-16-42(48)44-19-11-21-46-47-33-28-36-14-4-5-15-40(36)51(47)55-52(44)46/h1-33H. The molecule has 0 saturated heterocycles. The fraction of sp³-hybridized carbons (Fsp3) is 0. The molecule has 2 aromatic heterocycles. The van der Waals surface area contributed by atoms with Crippen molar-refractivity contribution in [1.82, 2.24) is 0 Å². The van der Waals surface area contributed by atoms with Gasteiger partial charge in [-0.2, -0.15) is 0 Å². The smallest absolute Gasteiger partial charge is 0.143 e. The lowest BCUT2D eigenvalue weighted by Gasteiger charge is -2.28. The van der Waals surface area contributed by atoms with Gasteiger partial charge in [-0.15, -0.1) is 0 Å². The van der Waals surface area contributed by atoms with E-state index in [1.807, 2.05) is 12.1 Å². The fourth-order valence-corrected chi connectivity index (χ4v) is 8.26. The molecule has 0 bridgehead atoms. The SMILES string of the molecule is c1ccc(-c2ccc(N(c3ccc(-c4cccc5c4oc4ccccc45)cc3)c3ccccc3-c3cccc4c3oc3c5ccccc5ccc43)cc2)cc1. The topological polar surface area (TPSA) is 29.5 Å². The Bertz CT molecular complexity index is 3190. The second kappa shape index (κ2) is 12.6. The van der Waals surface area contributed by atoms with Crippen LogP contribution in [-0.2, 0) is 0 Å². The van der Waals surface area contributed by atoms with Crippen LogP contribution in [0, 0.1) is 0 Å². The van der Waals surface area contributed by atoms with E-state index in [-0.39, 0.29) is 0 Å². The van der Waals surface area contributed by atoms with Crippen molar-refractivity contribution in [1.29, 1.82) is 0 Å².